The molecule has 150 valence electrons. The Bertz CT molecular complexity index is 1210. The van der Waals surface area contributed by atoms with Gasteiger partial charge in [0.05, 0.1) is 23.7 Å². The highest BCUT2D eigenvalue weighted by molar-refractivity contribution is 7.07. The van der Waals surface area contributed by atoms with Gasteiger partial charge in [-0.25, -0.2) is 4.98 Å². The van der Waals surface area contributed by atoms with Crippen molar-refractivity contribution < 1.29 is 9.53 Å². The number of carbonyl (C=O) groups excluding carboxylic acids is 1. The van der Waals surface area contributed by atoms with Gasteiger partial charge in [-0.3, -0.25) is 14.8 Å². The minimum absolute atomic E-state index is 0.276. The van der Waals surface area contributed by atoms with Gasteiger partial charge in [-0.05, 0) is 50.1 Å². The number of pyridine rings is 1. The summed E-state index contributed by atoms with van der Waals surface area (Å²) in [6.07, 6.45) is 6.32. The average Bonchev–Trinajstić information content (AvgIpc) is 3.15. The lowest BCUT2D eigenvalue weighted by molar-refractivity contribution is 0.102. The first kappa shape index (κ1) is 19.6. The zero-order valence-corrected chi connectivity index (χ0v) is 17.4. The molecule has 0 fully saturated rings. The SMILES string of the molecule is Cc1nsc(Oc2ccc(C)c(-c3cnc(NC(=O)c4cnccc4C)cn3)c2)n1. The summed E-state index contributed by atoms with van der Waals surface area (Å²) in [5.41, 5.74) is 3.90. The van der Waals surface area contributed by atoms with Crippen molar-refractivity contribution in [1.29, 1.82) is 0 Å². The van der Waals surface area contributed by atoms with E-state index in [0.29, 0.717) is 33.8 Å². The summed E-state index contributed by atoms with van der Waals surface area (Å²) in [6.45, 7) is 5.65. The third-order valence-electron chi connectivity index (χ3n) is 4.38. The molecular formula is C21H18N6O2S. The first-order valence-corrected chi connectivity index (χ1v) is 9.90. The molecule has 0 aliphatic heterocycles. The fourth-order valence-electron chi connectivity index (χ4n) is 2.78. The van der Waals surface area contributed by atoms with Gasteiger partial charge in [0.15, 0.2) is 5.82 Å². The predicted molar refractivity (Wildman–Crippen MR) is 114 cm³/mol. The number of hydrogen-bond donors (Lipinski definition) is 1. The number of nitrogens with zero attached hydrogens (tertiary/aromatic N) is 5. The van der Waals surface area contributed by atoms with Crippen molar-refractivity contribution in [3.05, 3.63) is 71.6 Å². The van der Waals surface area contributed by atoms with Crippen LogP contribution in [0.1, 0.15) is 27.3 Å². The van der Waals surface area contributed by atoms with E-state index in [4.69, 9.17) is 4.74 Å². The number of anilines is 1. The largest absolute Gasteiger partial charge is 0.430 e. The Balaban J connectivity index is 1.53. The van der Waals surface area contributed by atoms with Crippen molar-refractivity contribution in [3.63, 3.8) is 0 Å². The second kappa shape index (κ2) is 8.34. The van der Waals surface area contributed by atoms with Gasteiger partial charge in [-0.1, -0.05) is 6.07 Å². The molecule has 4 aromatic rings. The number of rotatable bonds is 5. The normalized spacial score (nSPS) is 10.6. The second-order valence-electron chi connectivity index (χ2n) is 6.62. The van der Waals surface area contributed by atoms with E-state index in [9.17, 15) is 4.79 Å². The Morgan fingerprint density at radius 1 is 1.03 bits per heavy atom. The van der Waals surface area contributed by atoms with Gasteiger partial charge in [0.2, 0.25) is 0 Å². The zero-order valence-electron chi connectivity index (χ0n) is 16.6. The number of amides is 1. The maximum Gasteiger partial charge on any atom is 0.298 e. The van der Waals surface area contributed by atoms with E-state index in [1.807, 2.05) is 39.0 Å². The lowest BCUT2D eigenvalue weighted by atomic mass is 10.1. The summed E-state index contributed by atoms with van der Waals surface area (Å²) in [5.74, 6) is 1.40. The van der Waals surface area contributed by atoms with E-state index in [-0.39, 0.29) is 5.91 Å². The molecule has 4 rings (SSSR count). The van der Waals surface area contributed by atoms with Crippen molar-refractivity contribution in [3.8, 4) is 22.2 Å². The van der Waals surface area contributed by atoms with Gasteiger partial charge in [-0.15, -0.1) is 0 Å². The molecule has 0 spiro atoms. The molecular weight excluding hydrogens is 400 g/mol. The fourth-order valence-corrected chi connectivity index (χ4v) is 3.34. The lowest BCUT2D eigenvalue weighted by Gasteiger charge is -2.09. The first-order chi connectivity index (χ1) is 14.5. The number of benzene rings is 1. The number of hydrogen-bond acceptors (Lipinski definition) is 8. The van der Waals surface area contributed by atoms with Crippen molar-refractivity contribution in [1.82, 2.24) is 24.3 Å². The van der Waals surface area contributed by atoms with E-state index >= 15 is 0 Å². The summed E-state index contributed by atoms with van der Waals surface area (Å²) in [6, 6.07) is 7.48. The molecule has 3 aromatic heterocycles. The van der Waals surface area contributed by atoms with Crippen LogP contribution in [0.2, 0.25) is 0 Å². The summed E-state index contributed by atoms with van der Waals surface area (Å²) in [7, 11) is 0. The Morgan fingerprint density at radius 2 is 1.90 bits per heavy atom. The third-order valence-corrected chi connectivity index (χ3v) is 5.06. The molecule has 0 saturated heterocycles. The van der Waals surface area contributed by atoms with Gasteiger partial charge in [-0.2, -0.15) is 9.36 Å². The molecule has 0 aliphatic carbocycles. The first-order valence-electron chi connectivity index (χ1n) is 9.13. The summed E-state index contributed by atoms with van der Waals surface area (Å²) >= 11 is 1.20. The van der Waals surface area contributed by atoms with Crippen molar-refractivity contribution in [2.75, 3.05) is 5.32 Å². The Hall–Kier alpha value is -3.72. The van der Waals surface area contributed by atoms with Crippen LogP contribution in [0, 0.1) is 20.8 Å². The summed E-state index contributed by atoms with van der Waals surface area (Å²) in [5, 5.41) is 3.23. The molecule has 30 heavy (non-hydrogen) atoms. The second-order valence-corrected chi connectivity index (χ2v) is 7.33. The van der Waals surface area contributed by atoms with Gasteiger partial charge in [0.1, 0.15) is 11.6 Å². The van der Waals surface area contributed by atoms with Gasteiger partial charge in [0.25, 0.3) is 11.1 Å². The highest BCUT2D eigenvalue weighted by Gasteiger charge is 2.12. The Morgan fingerprint density at radius 3 is 2.60 bits per heavy atom. The smallest absolute Gasteiger partial charge is 0.298 e. The standard InChI is InChI=1S/C21H18N6O2S/c1-12-4-5-15(29-21-25-14(3)27-30-21)8-16(12)18-10-24-19(11-23-18)26-20(28)17-9-22-7-6-13(17)2/h4-11H,1-3H3,(H,24,26,28). The summed E-state index contributed by atoms with van der Waals surface area (Å²) in [4.78, 5) is 29.4. The minimum Gasteiger partial charge on any atom is -0.430 e. The van der Waals surface area contributed by atoms with Crippen LogP contribution in [-0.4, -0.2) is 30.2 Å². The van der Waals surface area contributed by atoms with E-state index in [1.165, 1.54) is 23.9 Å². The van der Waals surface area contributed by atoms with Crippen molar-refractivity contribution in [2.24, 2.45) is 0 Å². The quantitative estimate of drug-likeness (QED) is 0.513. The van der Waals surface area contributed by atoms with Crippen LogP contribution >= 0.6 is 11.5 Å². The number of aromatic nitrogens is 5. The number of nitrogens with one attached hydrogen (secondary N) is 1. The van der Waals surface area contributed by atoms with E-state index in [0.717, 1.165) is 16.7 Å². The fraction of sp³-hybridized carbons (Fsp3) is 0.143. The van der Waals surface area contributed by atoms with Crippen LogP contribution in [0.4, 0.5) is 5.82 Å². The highest BCUT2D eigenvalue weighted by Crippen LogP contribution is 2.29. The molecule has 9 heteroatoms. The van der Waals surface area contributed by atoms with Crippen LogP contribution in [0.15, 0.2) is 49.1 Å². The molecule has 0 radical (unpaired) electrons. The van der Waals surface area contributed by atoms with Crippen LogP contribution < -0.4 is 10.1 Å². The average molecular weight is 418 g/mol. The van der Waals surface area contributed by atoms with Gasteiger partial charge < -0.3 is 10.1 Å². The van der Waals surface area contributed by atoms with Crippen molar-refractivity contribution in [2.45, 2.75) is 20.8 Å². The molecule has 0 unspecified atom stereocenters. The molecule has 1 N–H and O–H groups in total. The Kier molecular flexibility index (Phi) is 5.44. The van der Waals surface area contributed by atoms with Crippen LogP contribution in [0.25, 0.3) is 11.3 Å². The monoisotopic (exact) mass is 418 g/mol. The molecule has 0 saturated carbocycles. The molecule has 8 nitrogen and oxygen atoms in total. The number of carbonyl (C=O) groups is 1. The molecule has 0 aliphatic rings. The molecule has 0 bridgehead atoms. The maximum absolute atomic E-state index is 12.4. The molecule has 3 heterocycles. The zero-order chi connectivity index (χ0) is 21.1. The number of aryl methyl sites for hydroxylation is 3. The van der Waals surface area contributed by atoms with Crippen LogP contribution in [0.5, 0.6) is 10.9 Å². The van der Waals surface area contributed by atoms with Gasteiger partial charge in [0, 0.05) is 29.5 Å². The van der Waals surface area contributed by atoms with Crippen LogP contribution in [0.3, 0.4) is 0 Å². The third kappa shape index (κ3) is 4.31. The van der Waals surface area contributed by atoms with Gasteiger partial charge >= 0.3 is 0 Å². The van der Waals surface area contributed by atoms with E-state index in [2.05, 4.69) is 29.6 Å². The molecule has 0 atom stereocenters. The molecule has 1 amide bonds. The van der Waals surface area contributed by atoms with Crippen LogP contribution in [-0.2, 0) is 0 Å². The topological polar surface area (TPSA) is 103 Å². The van der Waals surface area contributed by atoms with E-state index in [1.54, 1.807) is 18.5 Å². The Labute approximate surface area is 177 Å². The lowest BCUT2D eigenvalue weighted by Crippen LogP contribution is -2.14. The number of ether oxygens (including phenoxy) is 1. The minimum atomic E-state index is -0.276. The van der Waals surface area contributed by atoms with Crippen molar-refractivity contribution >= 4 is 23.3 Å². The maximum atomic E-state index is 12.4. The summed E-state index contributed by atoms with van der Waals surface area (Å²) < 4.78 is 9.90. The molecule has 1 aromatic carbocycles. The predicted octanol–water partition coefficient (Wildman–Crippen LogP) is 4.36. The van der Waals surface area contributed by atoms with E-state index < -0.39 is 0 Å². The highest BCUT2D eigenvalue weighted by atomic mass is 32.1.